The second kappa shape index (κ2) is 6.74. The van der Waals surface area contributed by atoms with Crippen molar-refractivity contribution >= 4 is 29.5 Å². The van der Waals surface area contributed by atoms with Gasteiger partial charge in [-0.1, -0.05) is 0 Å². The highest BCUT2D eigenvalue weighted by molar-refractivity contribution is 7.99. The zero-order valence-corrected chi connectivity index (χ0v) is 11.6. The number of rotatable bonds is 3. The number of carbonyl (C=O) groups is 1. The molecule has 1 heterocycles. The molecule has 1 saturated heterocycles. The van der Waals surface area contributed by atoms with Gasteiger partial charge in [0.15, 0.2) is 0 Å². The molecule has 0 atom stereocenters. The van der Waals surface area contributed by atoms with E-state index in [1.165, 1.54) is 6.08 Å². The smallest absolute Gasteiger partial charge is 0.328 e. The Morgan fingerprint density at radius 1 is 1.25 bits per heavy atom. The molecule has 1 aromatic carbocycles. The molecule has 6 heteroatoms. The van der Waals surface area contributed by atoms with Gasteiger partial charge in [0.05, 0.1) is 0 Å². The van der Waals surface area contributed by atoms with Crippen molar-refractivity contribution in [1.29, 1.82) is 0 Å². The molecule has 1 fully saturated rings. The minimum atomic E-state index is -1.15. The first-order valence-corrected chi connectivity index (χ1v) is 7.46. The Hall–Kier alpha value is -1.56. The normalized spacial score (nSPS) is 16.4. The molecule has 108 valence electrons. The van der Waals surface area contributed by atoms with E-state index in [1.54, 1.807) is 16.7 Å². The van der Waals surface area contributed by atoms with E-state index in [0.29, 0.717) is 13.1 Å². The van der Waals surface area contributed by atoms with Crippen LogP contribution in [0.3, 0.4) is 0 Å². The fraction of sp³-hybridized carbons (Fsp3) is 0.357. The third-order valence-electron chi connectivity index (χ3n) is 3.00. The topological polar surface area (TPSA) is 40.5 Å². The first-order valence-electron chi connectivity index (χ1n) is 6.30. The average Bonchev–Trinajstić information content (AvgIpc) is 2.64. The standard InChI is InChI=1S/C14H15F2NO2S/c15-11-8-10(2-3-13(18)19)9-12(16)14(11)17-4-1-6-20-7-5-17/h2-3,8-9H,1,4-7H2,(H,18,19). The molecular formula is C14H15F2NO2S. The van der Waals surface area contributed by atoms with Gasteiger partial charge in [0.1, 0.15) is 17.3 Å². The lowest BCUT2D eigenvalue weighted by atomic mass is 10.1. The first-order chi connectivity index (χ1) is 9.58. The number of nitrogens with zero attached hydrogens (tertiary/aromatic N) is 1. The molecule has 0 unspecified atom stereocenters. The summed E-state index contributed by atoms with van der Waals surface area (Å²) in [6.45, 7) is 1.24. The van der Waals surface area contributed by atoms with Crippen LogP contribution in [0.5, 0.6) is 0 Å². The molecular weight excluding hydrogens is 284 g/mol. The number of aliphatic carboxylic acids is 1. The van der Waals surface area contributed by atoms with Crippen LogP contribution >= 0.6 is 11.8 Å². The molecule has 2 rings (SSSR count). The summed E-state index contributed by atoms with van der Waals surface area (Å²) < 4.78 is 28.2. The summed E-state index contributed by atoms with van der Waals surface area (Å²) in [5, 5.41) is 8.52. The van der Waals surface area contributed by atoms with Crippen molar-refractivity contribution in [1.82, 2.24) is 0 Å². The molecule has 3 nitrogen and oxygen atoms in total. The van der Waals surface area contributed by atoms with E-state index in [4.69, 9.17) is 5.11 Å². The summed E-state index contributed by atoms with van der Waals surface area (Å²) in [6.07, 6.45) is 2.93. The molecule has 0 saturated carbocycles. The number of carboxylic acids is 1. The maximum Gasteiger partial charge on any atom is 0.328 e. The largest absolute Gasteiger partial charge is 0.478 e. The van der Waals surface area contributed by atoms with Gasteiger partial charge in [0.25, 0.3) is 0 Å². The van der Waals surface area contributed by atoms with E-state index >= 15 is 0 Å². The number of hydrogen-bond donors (Lipinski definition) is 1. The van der Waals surface area contributed by atoms with Gasteiger partial charge in [-0.2, -0.15) is 11.8 Å². The van der Waals surface area contributed by atoms with Gasteiger partial charge < -0.3 is 10.0 Å². The molecule has 20 heavy (non-hydrogen) atoms. The zero-order chi connectivity index (χ0) is 14.5. The quantitative estimate of drug-likeness (QED) is 0.871. The van der Waals surface area contributed by atoms with Crippen molar-refractivity contribution in [3.63, 3.8) is 0 Å². The van der Waals surface area contributed by atoms with Crippen LogP contribution in [0.25, 0.3) is 6.08 Å². The van der Waals surface area contributed by atoms with Gasteiger partial charge in [-0.25, -0.2) is 13.6 Å². The Kier molecular flexibility index (Phi) is 5.00. The van der Waals surface area contributed by atoms with E-state index in [2.05, 4.69) is 0 Å². The summed E-state index contributed by atoms with van der Waals surface area (Å²) in [5.41, 5.74) is 0.190. The summed E-state index contributed by atoms with van der Waals surface area (Å²) in [6, 6.07) is 2.33. The Morgan fingerprint density at radius 3 is 2.60 bits per heavy atom. The summed E-state index contributed by atoms with van der Waals surface area (Å²) in [5.74, 6) is -0.609. The molecule has 1 aliphatic heterocycles. The Labute approximate surface area is 120 Å². The summed E-state index contributed by atoms with van der Waals surface area (Å²) >= 11 is 1.78. The number of anilines is 1. The second-order valence-corrected chi connectivity index (χ2v) is 5.68. The van der Waals surface area contributed by atoms with Crippen LogP contribution in [0.1, 0.15) is 12.0 Å². The Morgan fingerprint density at radius 2 is 1.95 bits per heavy atom. The Bertz CT molecular complexity index is 503. The van der Waals surface area contributed by atoms with Gasteiger partial charge in [0.2, 0.25) is 0 Å². The summed E-state index contributed by atoms with van der Waals surface area (Å²) in [7, 11) is 0. The number of hydrogen-bond acceptors (Lipinski definition) is 3. The molecule has 0 amide bonds. The number of thioether (sulfide) groups is 1. The number of halogens is 2. The third kappa shape index (κ3) is 3.72. The van der Waals surface area contributed by atoms with Gasteiger partial charge >= 0.3 is 5.97 Å². The molecule has 0 bridgehead atoms. The van der Waals surface area contributed by atoms with Crippen molar-refractivity contribution < 1.29 is 18.7 Å². The van der Waals surface area contributed by atoms with Crippen LogP contribution in [0.2, 0.25) is 0 Å². The zero-order valence-electron chi connectivity index (χ0n) is 10.8. The van der Waals surface area contributed by atoms with Gasteiger partial charge in [-0.3, -0.25) is 0 Å². The lowest BCUT2D eigenvalue weighted by Gasteiger charge is -2.23. The molecule has 0 spiro atoms. The number of benzene rings is 1. The second-order valence-electron chi connectivity index (χ2n) is 4.46. The summed E-state index contributed by atoms with van der Waals surface area (Å²) in [4.78, 5) is 12.1. The number of carboxylic acid groups (broad SMARTS) is 1. The van der Waals surface area contributed by atoms with Gasteiger partial charge in [-0.05, 0) is 35.9 Å². The highest BCUT2D eigenvalue weighted by Crippen LogP contribution is 2.27. The maximum atomic E-state index is 14.1. The van der Waals surface area contributed by atoms with E-state index < -0.39 is 17.6 Å². The van der Waals surface area contributed by atoms with Crippen LogP contribution in [0, 0.1) is 11.6 Å². The highest BCUT2D eigenvalue weighted by atomic mass is 32.2. The maximum absolute atomic E-state index is 14.1. The average molecular weight is 299 g/mol. The predicted octanol–water partition coefficient (Wildman–Crippen LogP) is 3.01. The highest BCUT2D eigenvalue weighted by Gasteiger charge is 2.19. The predicted molar refractivity (Wildman–Crippen MR) is 77.2 cm³/mol. The van der Waals surface area contributed by atoms with E-state index in [9.17, 15) is 13.6 Å². The minimum absolute atomic E-state index is 0.0139. The van der Waals surface area contributed by atoms with Crippen LogP contribution in [0.15, 0.2) is 18.2 Å². The van der Waals surface area contributed by atoms with Crippen LogP contribution in [-0.4, -0.2) is 35.7 Å². The van der Waals surface area contributed by atoms with Crippen molar-refractivity contribution in [2.45, 2.75) is 6.42 Å². The van der Waals surface area contributed by atoms with Crippen molar-refractivity contribution in [3.05, 3.63) is 35.4 Å². The van der Waals surface area contributed by atoms with Crippen LogP contribution < -0.4 is 4.90 Å². The van der Waals surface area contributed by atoms with Crippen molar-refractivity contribution in [2.75, 3.05) is 29.5 Å². The van der Waals surface area contributed by atoms with Crippen LogP contribution in [0.4, 0.5) is 14.5 Å². The van der Waals surface area contributed by atoms with E-state index in [0.717, 1.165) is 36.1 Å². The van der Waals surface area contributed by atoms with Crippen LogP contribution in [-0.2, 0) is 4.79 Å². The minimum Gasteiger partial charge on any atom is -0.478 e. The molecule has 0 aromatic heterocycles. The van der Waals surface area contributed by atoms with E-state index in [1.807, 2.05) is 0 Å². The molecule has 1 aromatic rings. The first kappa shape index (κ1) is 14.8. The fourth-order valence-corrected chi connectivity index (χ4v) is 3.01. The van der Waals surface area contributed by atoms with Crippen molar-refractivity contribution in [2.24, 2.45) is 0 Å². The fourth-order valence-electron chi connectivity index (χ4n) is 2.12. The molecule has 0 radical (unpaired) electrons. The molecule has 0 aliphatic carbocycles. The van der Waals surface area contributed by atoms with E-state index in [-0.39, 0.29) is 11.3 Å². The molecule has 1 N–H and O–H groups in total. The van der Waals surface area contributed by atoms with Gasteiger partial charge in [-0.15, -0.1) is 0 Å². The Balaban J connectivity index is 2.28. The van der Waals surface area contributed by atoms with Gasteiger partial charge in [0, 0.05) is 24.9 Å². The lowest BCUT2D eigenvalue weighted by Crippen LogP contribution is -2.27. The SMILES string of the molecule is O=C(O)C=Cc1cc(F)c(N2CCCSCC2)c(F)c1. The lowest BCUT2D eigenvalue weighted by molar-refractivity contribution is -0.131. The third-order valence-corrected chi connectivity index (χ3v) is 4.04. The van der Waals surface area contributed by atoms with Crippen molar-refractivity contribution in [3.8, 4) is 0 Å². The molecule has 1 aliphatic rings. The monoisotopic (exact) mass is 299 g/mol.